The first kappa shape index (κ1) is 17.1. The minimum absolute atomic E-state index is 0.00189. The van der Waals surface area contributed by atoms with Crippen LogP contribution in [0, 0.1) is 0 Å². The van der Waals surface area contributed by atoms with E-state index < -0.39 is 11.9 Å². The summed E-state index contributed by atoms with van der Waals surface area (Å²) in [6.07, 6.45) is -3.70. The molecule has 0 aliphatic carbocycles. The van der Waals surface area contributed by atoms with Crippen molar-refractivity contribution in [3.05, 3.63) is 36.2 Å². The molecule has 1 aliphatic heterocycles. The van der Waals surface area contributed by atoms with E-state index in [1.807, 2.05) is 6.92 Å². The van der Waals surface area contributed by atoms with Crippen molar-refractivity contribution in [2.75, 3.05) is 19.7 Å². The van der Waals surface area contributed by atoms with Gasteiger partial charge in [0.2, 0.25) is 0 Å². The highest BCUT2D eigenvalue weighted by Gasteiger charge is 2.38. The van der Waals surface area contributed by atoms with E-state index in [1.54, 1.807) is 16.7 Å². The zero-order chi connectivity index (χ0) is 18.5. The zero-order valence-electron chi connectivity index (χ0n) is 14.0. The van der Waals surface area contributed by atoms with Crippen LogP contribution in [0.1, 0.15) is 18.7 Å². The van der Waals surface area contributed by atoms with Crippen LogP contribution >= 0.6 is 0 Å². The molecule has 3 heterocycles. The Morgan fingerprint density at radius 3 is 2.81 bits per heavy atom. The predicted octanol–water partition coefficient (Wildman–Crippen LogP) is 3.46. The molecule has 0 radical (unpaired) electrons. The molecule has 1 aromatic carbocycles. The number of phenolic OH excluding ortho intramolecular Hbond substituents is 1. The van der Waals surface area contributed by atoms with Gasteiger partial charge in [0.1, 0.15) is 5.75 Å². The monoisotopic (exact) mass is 365 g/mol. The number of hydrogen-bond acceptors (Lipinski definition) is 4. The number of aromatic hydroxyl groups is 1. The number of aromatic nitrogens is 2. The minimum atomic E-state index is -4.58. The van der Waals surface area contributed by atoms with Crippen LogP contribution in [0.4, 0.5) is 13.2 Å². The lowest BCUT2D eigenvalue weighted by Crippen LogP contribution is -2.42. The fourth-order valence-electron chi connectivity index (χ4n) is 3.67. The summed E-state index contributed by atoms with van der Waals surface area (Å²) in [6.45, 7) is 3.59. The number of phenols is 1. The van der Waals surface area contributed by atoms with Gasteiger partial charge in [-0.15, -0.1) is 0 Å². The largest absolute Gasteiger partial charge is 0.508 e. The quantitative estimate of drug-likeness (QED) is 0.730. The van der Waals surface area contributed by atoms with Crippen LogP contribution in [0.3, 0.4) is 0 Å². The zero-order valence-corrected chi connectivity index (χ0v) is 14.0. The van der Waals surface area contributed by atoms with E-state index in [-0.39, 0.29) is 23.4 Å². The van der Waals surface area contributed by atoms with Crippen molar-refractivity contribution in [1.82, 2.24) is 14.9 Å². The van der Waals surface area contributed by atoms with Gasteiger partial charge in [0.05, 0.1) is 29.8 Å². The molecule has 26 heavy (non-hydrogen) atoms. The molecule has 4 rings (SSSR count). The predicted molar refractivity (Wildman–Crippen MR) is 91.2 cm³/mol. The van der Waals surface area contributed by atoms with Crippen molar-refractivity contribution >= 4 is 21.8 Å². The van der Waals surface area contributed by atoms with Crippen LogP contribution < -0.4 is 5.32 Å². The first-order valence-electron chi connectivity index (χ1n) is 8.39. The number of rotatable bonds is 2. The molecule has 2 unspecified atom stereocenters. The second-order valence-corrected chi connectivity index (χ2v) is 6.48. The van der Waals surface area contributed by atoms with Crippen LogP contribution in [-0.4, -0.2) is 40.5 Å². The van der Waals surface area contributed by atoms with E-state index in [4.69, 9.17) is 4.74 Å². The third-order valence-corrected chi connectivity index (χ3v) is 4.87. The number of alkyl halides is 3. The van der Waals surface area contributed by atoms with Crippen molar-refractivity contribution in [3.63, 3.8) is 0 Å². The third kappa shape index (κ3) is 2.69. The number of nitrogens with one attached hydrogen (secondary N) is 1. The molecule has 3 aromatic rings. The van der Waals surface area contributed by atoms with E-state index in [2.05, 4.69) is 10.3 Å². The summed E-state index contributed by atoms with van der Waals surface area (Å²) >= 11 is 0. The first-order chi connectivity index (χ1) is 12.4. The van der Waals surface area contributed by atoms with E-state index in [1.165, 1.54) is 18.3 Å². The summed E-state index contributed by atoms with van der Waals surface area (Å²) in [6, 6.07) is 5.80. The highest BCUT2D eigenvalue weighted by atomic mass is 19.4. The summed E-state index contributed by atoms with van der Waals surface area (Å²) < 4.78 is 48.3. The lowest BCUT2D eigenvalue weighted by atomic mass is 10.1. The molecule has 2 N–H and O–H groups in total. The molecule has 1 saturated heterocycles. The fourth-order valence-corrected chi connectivity index (χ4v) is 3.67. The maximum Gasteiger partial charge on any atom is 0.435 e. The van der Waals surface area contributed by atoms with Gasteiger partial charge in [-0.3, -0.25) is 0 Å². The van der Waals surface area contributed by atoms with Gasteiger partial charge in [0, 0.05) is 36.1 Å². The smallest absolute Gasteiger partial charge is 0.435 e. The number of nitrogens with zero attached hydrogens (tertiary/aromatic N) is 2. The number of pyridine rings is 1. The summed E-state index contributed by atoms with van der Waals surface area (Å²) in [5.74, 6) is -0.00189. The summed E-state index contributed by atoms with van der Waals surface area (Å²) in [5.41, 5.74) is -0.385. The molecule has 0 bridgehead atoms. The van der Waals surface area contributed by atoms with Crippen LogP contribution in [0.5, 0.6) is 5.75 Å². The Kier molecular flexibility index (Phi) is 4.04. The van der Waals surface area contributed by atoms with Gasteiger partial charge in [0.25, 0.3) is 0 Å². The summed E-state index contributed by atoms with van der Waals surface area (Å²) in [5, 5.41) is 14.2. The fraction of sp³-hybridized carbons (Fsp3) is 0.389. The maximum atomic E-state index is 13.6. The Hall–Kier alpha value is -2.32. The lowest BCUT2D eigenvalue weighted by Gasteiger charge is -2.31. The molecule has 2 atom stereocenters. The molecular weight excluding hydrogens is 347 g/mol. The average molecular weight is 365 g/mol. The van der Waals surface area contributed by atoms with Crippen molar-refractivity contribution in [2.45, 2.75) is 25.2 Å². The van der Waals surface area contributed by atoms with Crippen LogP contribution in [0.25, 0.3) is 21.8 Å². The van der Waals surface area contributed by atoms with Gasteiger partial charge in [-0.25, -0.2) is 4.98 Å². The maximum absolute atomic E-state index is 13.6. The molecule has 138 valence electrons. The topological polar surface area (TPSA) is 59.3 Å². The number of morpholine rings is 1. The van der Waals surface area contributed by atoms with Crippen molar-refractivity contribution in [3.8, 4) is 5.75 Å². The first-order valence-corrected chi connectivity index (χ1v) is 8.39. The number of hydrogen-bond donors (Lipinski definition) is 2. The van der Waals surface area contributed by atoms with E-state index >= 15 is 0 Å². The van der Waals surface area contributed by atoms with E-state index in [0.29, 0.717) is 36.0 Å². The highest BCUT2D eigenvalue weighted by Crippen LogP contribution is 2.40. The number of halogens is 3. The van der Waals surface area contributed by atoms with Gasteiger partial charge < -0.3 is 19.7 Å². The molecule has 0 spiro atoms. The molecule has 1 fully saturated rings. The third-order valence-electron chi connectivity index (χ3n) is 4.87. The molecule has 0 amide bonds. The number of fused-ring (bicyclic) bond motifs is 3. The Morgan fingerprint density at radius 1 is 1.31 bits per heavy atom. The summed E-state index contributed by atoms with van der Waals surface area (Å²) in [7, 11) is 0. The van der Waals surface area contributed by atoms with Gasteiger partial charge in [0.15, 0.2) is 5.69 Å². The molecular formula is C18H18F3N3O2. The molecule has 2 aromatic heterocycles. The highest BCUT2D eigenvalue weighted by molar-refractivity contribution is 6.09. The number of ether oxygens (including phenoxy) is 1. The second-order valence-electron chi connectivity index (χ2n) is 6.48. The Labute approximate surface area is 147 Å². The van der Waals surface area contributed by atoms with Crippen LogP contribution in [0.2, 0.25) is 0 Å². The number of benzene rings is 1. The minimum Gasteiger partial charge on any atom is -0.508 e. The van der Waals surface area contributed by atoms with E-state index in [9.17, 15) is 18.3 Å². The summed E-state index contributed by atoms with van der Waals surface area (Å²) in [4.78, 5) is 3.62. The molecule has 0 saturated carbocycles. The molecule has 1 aliphatic rings. The van der Waals surface area contributed by atoms with Crippen LogP contribution in [-0.2, 0) is 10.9 Å². The lowest BCUT2D eigenvalue weighted by molar-refractivity contribution is -0.140. The second kappa shape index (κ2) is 6.14. The van der Waals surface area contributed by atoms with Gasteiger partial charge in [-0.1, -0.05) is 0 Å². The molecule has 8 heteroatoms. The Morgan fingerprint density at radius 2 is 2.12 bits per heavy atom. The average Bonchev–Trinajstić information content (AvgIpc) is 2.94. The van der Waals surface area contributed by atoms with E-state index in [0.717, 1.165) is 0 Å². The Balaban J connectivity index is 2.05. The van der Waals surface area contributed by atoms with Gasteiger partial charge in [-0.05, 0) is 25.1 Å². The normalized spacial score (nSPS) is 19.9. The molecule has 5 nitrogen and oxygen atoms in total. The van der Waals surface area contributed by atoms with Crippen molar-refractivity contribution in [1.29, 1.82) is 0 Å². The van der Waals surface area contributed by atoms with Gasteiger partial charge in [-0.2, -0.15) is 13.2 Å². The SMILES string of the molecule is CC(C1CNCCO1)n1c2cc(O)ccc2c2ccnc(C(F)(F)F)c21. The van der Waals surface area contributed by atoms with Gasteiger partial charge >= 0.3 is 6.18 Å². The van der Waals surface area contributed by atoms with Crippen molar-refractivity contribution in [2.24, 2.45) is 0 Å². The van der Waals surface area contributed by atoms with Crippen LogP contribution in [0.15, 0.2) is 30.5 Å². The Bertz CT molecular complexity index is 962. The standard InChI is InChI=1S/C18H18F3N3O2/c1-10(15-9-22-6-7-26-15)24-14-8-11(25)2-3-12(14)13-4-5-23-17(16(13)24)18(19,20)21/h2-5,8,10,15,22,25H,6-7,9H2,1H3. The van der Waals surface area contributed by atoms with Crippen molar-refractivity contribution < 1.29 is 23.0 Å².